The number of carbonyl (C=O) groups excluding carboxylic acids is 2. The minimum Gasteiger partial charge on any atom is -0.354 e. The fraction of sp³-hybridized carbons (Fsp3) is 0.600. The summed E-state index contributed by atoms with van der Waals surface area (Å²) in [5, 5.41) is 2.88. The molecule has 0 atom stereocenters. The monoisotopic (exact) mass is 279 g/mol. The third kappa shape index (κ3) is 3.93. The molecule has 0 spiro atoms. The molecule has 0 saturated heterocycles. The number of nitrogens with one attached hydrogen (secondary N) is 2. The number of ketones is 1. The van der Waals surface area contributed by atoms with Crippen LogP contribution in [0.4, 0.5) is 0 Å². The molecule has 1 aromatic rings. The molecule has 1 heterocycles. The Labute approximate surface area is 120 Å². The van der Waals surface area contributed by atoms with Crippen molar-refractivity contribution in [3.05, 3.63) is 22.5 Å². The van der Waals surface area contributed by atoms with Gasteiger partial charge in [-0.15, -0.1) is 0 Å². The summed E-state index contributed by atoms with van der Waals surface area (Å²) in [6, 6.07) is 0. The van der Waals surface area contributed by atoms with E-state index >= 15 is 0 Å². The van der Waals surface area contributed by atoms with Gasteiger partial charge in [-0.05, 0) is 45.2 Å². The highest BCUT2D eigenvalue weighted by atomic mass is 16.2. The van der Waals surface area contributed by atoms with Crippen molar-refractivity contribution >= 4 is 11.7 Å². The second-order valence-electron chi connectivity index (χ2n) is 5.04. The summed E-state index contributed by atoms with van der Waals surface area (Å²) in [6.45, 7) is 6.65. The van der Waals surface area contributed by atoms with Crippen LogP contribution in [-0.4, -0.2) is 29.8 Å². The molecular formula is C15H25N3O2. The van der Waals surface area contributed by atoms with Gasteiger partial charge < -0.3 is 16.0 Å². The molecule has 0 fully saturated rings. The van der Waals surface area contributed by atoms with Crippen LogP contribution in [0, 0.1) is 6.92 Å². The molecule has 0 aliphatic rings. The highest BCUT2D eigenvalue weighted by molar-refractivity contribution is 6.02. The molecule has 4 N–H and O–H groups in total. The lowest BCUT2D eigenvalue weighted by molar-refractivity contribution is 0.0947. The first-order valence-electron chi connectivity index (χ1n) is 7.23. The molecular weight excluding hydrogens is 254 g/mol. The Kier molecular flexibility index (Phi) is 6.45. The summed E-state index contributed by atoms with van der Waals surface area (Å²) in [7, 11) is 0. The Balaban J connectivity index is 2.90. The van der Waals surface area contributed by atoms with E-state index in [1.165, 1.54) is 6.92 Å². The van der Waals surface area contributed by atoms with Crippen LogP contribution < -0.4 is 11.1 Å². The summed E-state index contributed by atoms with van der Waals surface area (Å²) in [6.07, 6.45) is 3.38. The van der Waals surface area contributed by atoms with Gasteiger partial charge in [0, 0.05) is 17.8 Å². The number of hydrogen-bond acceptors (Lipinski definition) is 3. The van der Waals surface area contributed by atoms with Crippen molar-refractivity contribution in [3.8, 4) is 0 Å². The maximum atomic E-state index is 12.2. The van der Waals surface area contributed by atoms with Gasteiger partial charge in [0.1, 0.15) is 5.69 Å². The van der Waals surface area contributed by atoms with Crippen LogP contribution in [0.2, 0.25) is 0 Å². The van der Waals surface area contributed by atoms with Crippen LogP contribution >= 0.6 is 0 Å². The number of amides is 1. The van der Waals surface area contributed by atoms with Gasteiger partial charge in [-0.25, -0.2) is 0 Å². The van der Waals surface area contributed by atoms with E-state index in [2.05, 4.69) is 10.3 Å². The van der Waals surface area contributed by atoms with E-state index in [0.717, 1.165) is 36.9 Å². The van der Waals surface area contributed by atoms with Crippen LogP contribution in [0.3, 0.4) is 0 Å². The molecule has 20 heavy (non-hydrogen) atoms. The standard InChI is InChI=1S/C15H25N3O2/c1-4-7-12-13(11(3)19)10(2)18-14(12)15(20)17-9-6-5-8-16/h18H,4-9,16H2,1-3H3,(H,17,20). The van der Waals surface area contributed by atoms with Gasteiger partial charge in [0.15, 0.2) is 5.78 Å². The molecule has 0 aromatic carbocycles. The molecule has 0 saturated carbocycles. The van der Waals surface area contributed by atoms with E-state index in [1.807, 2.05) is 13.8 Å². The third-order valence-corrected chi connectivity index (χ3v) is 3.29. The van der Waals surface area contributed by atoms with E-state index in [-0.39, 0.29) is 11.7 Å². The van der Waals surface area contributed by atoms with Crippen LogP contribution in [0.15, 0.2) is 0 Å². The fourth-order valence-corrected chi connectivity index (χ4v) is 2.41. The zero-order valence-corrected chi connectivity index (χ0v) is 12.6. The van der Waals surface area contributed by atoms with Gasteiger partial charge in [-0.3, -0.25) is 9.59 Å². The number of nitrogens with two attached hydrogens (primary N) is 1. The average Bonchev–Trinajstić information content (AvgIpc) is 2.72. The number of aryl methyl sites for hydroxylation is 1. The van der Waals surface area contributed by atoms with Crippen LogP contribution in [0.5, 0.6) is 0 Å². The molecule has 0 radical (unpaired) electrons. The maximum Gasteiger partial charge on any atom is 0.268 e. The van der Waals surface area contributed by atoms with Crippen LogP contribution in [-0.2, 0) is 6.42 Å². The Bertz CT molecular complexity index is 478. The lowest BCUT2D eigenvalue weighted by atomic mass is 10.0. The number of unbranched alkanes of at least 4 members (excludes halogenated alkanes) is 1. The Morgan fingerprint density at radius 1 is 1.30 bits per heavy atom. The van der Waals surface area contributed by atoms with Gasteiger partial charge >= 0.3 is 0 Å². The number of hydrogen-bond donors (Lipinski definition) is 3. The highest BCUT2D eigenvalue weighted by Gasteiger charge is 2.21. The molecule has 1 aromatic heterocycles. The molecule has 0 unspecified atom stereocenters. The van der Waals surface area contributed by atoms with Crippen molar-refractivity contribution in [2.24, 2.45) is 5.73 Å². The second-order valence-corrected chi connectivity index (χ2v) is 5.04. The first kappa shape index (κ1) is 16.4. The quantitative estimate of drug-likeness (QED) is 0.502. The lowest BCUT2D eigenvalue weighted by Gasteiger charge is -2.06. The molecule has 112 valence electrons. The molecule has 0 aliphatic carbocycles. The van der Waals surface area contributed by atoms with E-state index in [0.29, 0.717) is 24.3 Å². The van der Waals surface area contributed by atoms with Gasteiger partial charge in [0.25, 0.3) is 5.91 Å². The normalized spacial score (nSPS) is 10.6. The minimum atomic E-state index is -0.138. The zero-order valence-electron chi connectivity index (χ0n) is 12.6. The number of aromatic nitrogens is 1. The third-order valence-electron chi connectivity index (χ3n) is 3.29. The first-order chi connectivity index (χ1) is 9.52. The zero-order chi connectivity index (χ0) is 15.1. The number of Topliss-reactive ketones (excluding diaryl/α,β-unsaturated/α-hetero) is 1. The van der Waals surface area contributed by atoms with Crippen molar-refractivity contribution in [1.29, 1.82) is 0 Å². The topological polar surface area (TPSA) is 88.0 Å². The van der Waals surface area contributed by atoms with Crippen LogP contribution in [0.1, 0.15) is 65.2 Å². The Hall–Kier alpha value is -1.62. The van der Waals surface area contributed by atoms with Crippen molar-refractivity contribution in [2.75, 3.05) is 13.1 Å². The minimum absolute atomic E-state index is 0.00406. The van der Waals surface area contributed by atoms with E-state index < -0.39 is 0 Å². The number of H-pyrrole nitrogens is 1. The average molecular weight is 279 g/mol. The molecule has 1 rings (SSSR count). The van der Waals surface area contributed by atoms with Gasteiger partial charge in [-0.2, -0.15) is 0 Å². The van der Waals surface area contributed by atoms with Crippen molar-refractivity contribution in [2.45, 2.75) is 46.5 Å². The predicted octanol–water partition coefficient (Wildman–Crippen LogP) is 1.95. The summed E-state index contributed by atoms with van der Waals surface area (Å²) >= 11 is 0. The highest BCUT2D eigenvalue weighted by Crippen LogP contribution is 2.21. The first-order valence-corrected chi connectivity index (χ1v) is 7.23. The van der Waals surface area contributed by atoms with Gasteiger partial charge in [-0.1, -0.05) is 13.3 Å². The van der Waals surface area contributed by atoms with Gasteiger partial charge in [0.05, 0.1) is 0 Å². The Morgan fingerprint density at radius 3 is 2.55 bits per heavy atom. The smallest absolute Gasteiger partial charge is 0.268 e. The molecule has 0 aliphatic heterocycles. The van der Waals surface area contributed by atoms with Gasteiger partial charge in [0.2, 0.25) is 0 Å². The predicted molar refractivity (Wildman–Crippen MR) is 80.2 cm³/mol. The number of carbonyl (C=O) groups is 2. The van der Waals surface area contributed by atoms with Crippen molar-refractivity contribution in [3.63, 3.8) is 0 Å². The SMILES string of the molecule is CCCc1c(C(=O)NCCCCN)[nH]c(C)c1C(C)=O. The fourth-order valence-electron chi connectivity index (χ4n) is 2.41. The maximum absolute atomic E-state index is 12.2. The second kappa shape index (κ2) is 7.85. The van der Waals surface area contributed by atoms with E-state index in [1.54, 1.807) is 0 Å². The summed E-state index contributed by atoms with van der Waals surface area (Å²) in [4.78, 5) is 27.0. The summed E-state index contributed by atoms with van der Waals surface area (Å²) in [5.41, 5.74) is 8.23. The molecule has 5 nitrogen and oxygen atoms in total. The van der Waals surface area contributed by atoms with Crippen molar-refractivity contribution < 1.29 is 9.59 Å². The number of aromatic amines is 1. The summed E-state index contributed by atoms with van der Waals surface area (Å²) in [5.74, 6) is -0.134. The molecule has 1 amide bonds. The summed E-state index contributed by atoms with van der Waals surface area (Å²) < 4.78 is 0. The molecule has 0 bridgehead atoms. The Morgan fingerprint density at radius 2 is 2.00 bits per heavy atom. The van der Waals surface area contributed by atoms with E-state index in [9.17, 15) is 9.59 Å². The lowest BCUT2D eigenvalue weighted by Crippen LogP contribution is -2.26. The van der Waals surface area contributed by atoms with Crippen molar-refractivity contribution in [1.82, 2.24) is 10.3 Å². The van der Waals surface area contributed by atoms with E-state index in [4.69, 9.17) is 5.73 Å². The number of rotatable bonds is 8. The largest absolute Gasteiger partial charge is 0.354 e. The van der Waals surface area contributed by atoms with Crippen LogP contribution in [0.25, 0.3) is 0 Å². The molecule has 5 heteroatoms.